The number of sulfone groups is 1. The van der Waals surface area contributed by atoms with E-state index in [4.69, 9.17) is 5.11 Å². The predicted molar refractivity (Wildman–Crippen MR) is 81.1 cm³/mol. The van der Waals surface area contributed by atoms with Gasteiger partial charge in [0.25, 0.3) is 0 Å². The Balaban J connectivity index is 2.52. The van der Waals surface area contributed by atoms with Crippen molar-refractivity contribution in [2.75, 3.05) is 17.3 Å². The highest BCUT2D eigenvalue weighted by Gasteiger charge is 2.25. The molecule has 0 unspecified atom stereocenters. The van der Waals surface area contributed by atoms with Gasteiger partial charge in [0.05, 0.1) is 11.5 Å². The van der Waals surface area contributed by atoms with E-state index in [1.807, 2.05) is 30.3 Å². The summed E-state index contributed by atoms with van der Waals surface area (Å²) in [5.74, 6) is -2.34. The first-order valence-corrected chi connectivity index (χ1v) is 8.99. The Morgan fingerprint density at radius 2 is 1.90 bits per heavy atom. The Morgan fingerprint density at radius 1 is 1.29 bits per heavy atom. The van der Waals surface area contributed by atoms with Crippen molar-refractivity contribution < 1.29 is 23.1 Å². The van der Waals surface area contributed by atoms with Gasteiger partial charge >= 0.3 is 5.97 Å². The quantitative estimate of drug-likeness (QED) is 0.683. The first kappa shape index (κ1) is 17.5. The SMILES string of the molecule is CC(=O)N[C@@H](CS(=O)(=O)CCSc1ccccc1)C(=O)O. The smallest absolute Gasteiger partial charge is 0.327 e. The summed E-state index contributed by atoms with van der Waals surface area (Å²) in [6, 6.07) is 7.91. The molecule has 0 radical (unpaired) electrons. The van der Waals surface area contributed by atoms with Crippen molar-refractivity contribution in [3.8, 4) is 0 Å². The fourth-order valence-corrected chi connectivity index (χ4v) is 4.40. The number of carboxylic acid groups (broad SMARTS) is 1. The van der Waals surface area contributed by atoms with Crippen molar-refractivity contribution in [1.82, 2.24) is 5.32 Å². The molecule has 0 aliphatic rings. The van der Waals surface area contributed by atoms with Gasteiger partial charge < -0.3 is 10.4 Å². The summed E-state index contributed by atoms with van der Waals surface area (Å²) >= 11 is 1.38. The van der Waals surface area contributed by atoms with Crippen molar-refractivity contribution in [1.29, 1.82) is 0 Å². The van der Waals surface area contributed by atoms with E-state index in [9.17, 15) is 18.0 Å². The van der Waals surface area contributed by atoms with E-state index in [2.05, 4.69) is 5.32 Å². The van der Waals surface area contributed by atoms with Gasteiger partial charge in [0, 0.05) is 17.6 Å². The Hall–Kier alpha value is -1.54. The van der Waals surface area contributed by atoms with E-state index >= 15 is 0 Å². The number of carboxylic acids is 1. The van der Waals surface area contributed by atoms with Gasteiger partial charge in [-0.25, -0.2) is 13.2 Å². The minimum absolute atomic E-state index is 0.143. The number of amides is 1. The summed E-state index contributed by atoms with van der Waals surface area (Å²) < 4.78 is 23.8. The molecule has 0 saturated heterocycles. The largest absolute Gasteiger partial charge is 0.480 e. The lowest BCUT2D eigenvalue weighted by Crippen LogP contribution is -2.45. The Labute approximate surface area is 127 Å². The van der Waals surface area contributed by atoms with Gasteiger partial charge in [0.15, 0.2) is 9.84 Å². The molecule has 1 atom stereocenters. The first-order chi connectivity index (χ1) is 9.80. The second-order valence-electron chi connectivity index (χ2n) is 4.37. The summed E-state index contributed by atoms with van der Waals surface area (Å²) in [6.45, 7) is 1.15. The van der Waals surface area contributed by atoms with Crippen LogP contribution in [0.4, 0.5) is 0 Å². The third-order valence-corrected chi connectivity index (χ3v) is 5.44. The summed E-state index contributed by atoms with van der Waals surface area (Å²) in [7, 11) is -3.56. The number of aliphatic carboxylic acids is 1. The van der Waals surface area contributed by atoms with Crippen LogP contribution in [-0.4, -0.2) is 48.7 Å². The number of carbonyl (C=O) groups excluding carboxylic acids is 1. The molecule has 0 aromatic heterocycles. The van der Waals surface area contributed by atoms with Crippen molar-refractivity contribution in [2.24, 2.45) is 0 Å². The molecule has 0 fully saturated rings. The van der Waals surface area contributed by atoms with E-state index in [0.717, 1.165) is 11.8 Å². The fraction of sp³-hybridized carbons (Fsp3) is 0.385. The molecule has 0 saturated carbocycles. The second-order valence-corrected chi connectivity index (χ2v) is 7.76. The molecule has 1 aromatic rings. The molecule has 2 N–H and O–H groups in total. The maximum Gasteiger partial charge on any atom is 0.327 e. The summed E-state index contributed by atoms with van der Waals surface area (Å²) in [5.41, 5.74) is 0. The molecule has 1 amide bonds. The molecule has 0 bridgehead atoms. The number of carbonyl (C=O) groups is 2. The lowest BCUT2D eigenvalue weighted by atomic mass is 10.3. The molecule has 8 heteroatoms. The van der Waals surface area contributed by atoms with Crippen LogP contribution in [0.15, 0.2) is 35.2 Å². The van der Waals surface area contributed by atoms with Gasteiger partial charge in [0.2, 0.25) is 5.91 Å². The third-order valence-electron chi connectivity index (χ3n) is 2.50. The Kier molecular flexibility index (Phi) is 6.70. The molecule has 0 aliphatic carbocycles. The van der Waals surface area contributed by atoms with E-state index < -0.39 is 33.5 Å². The van der Waals surface area contributed by atoms with E-state index in [1.54, 1.807) is 0 Å². The number of rotatable bonds is 8. The van der Waals surface area contributed by atoms with Crippen LogP contribution in [-0.2, 0) is 19.4 Å². The van der Waals surface area contributed by atoms with Crippen LogP contribution >= 0.6 is 11.8 Å². The monoisotopic (exact) mass is 331 g/mol. The van der Waals surface area contributed by atoms with Crippen LogP contribution in [0.2, 0.25) is 0 Å². The van der Waals surface area contributed by atoms with Gasteiger partial charge in [-0.3, -0.25) is 4.79 Å². The second kappa shape index (κ2) is 8.04. The molecule has 0 spiro atoms. The molecular formula is C13H17NO5S2. The van der Waals surface area contributed by atoms with Crippen LogP contribution in [0.3, 0.4) is 0 Å². The first-order valence-electron chi connectivity index (χ1n) is 6.18. The van der Waals surface area contributed by atoms with Gasteiger partial charge in [-0.15, -0.1) is 11.8 Å². The van der Waals surface area contributed by atoms with Gasteiger partial charge in [-0.1, -0.05) is 18.2 Å². The molecule has 116 valence electrons. The van der Waals surface area contributed by atoms with E-state index in [0.29, 0.717) is 5.75 Å². The standard InChI is InChI=1S/C13H17NO5S2/c1-10(15)14-12(13(16)17)9-21(18,19)8-7-20-11-5-3-2-4-6-11/h2-6,12H,7-9H2,1H3,(H,14,15)(H,16,17)/t12-/m0/s1. The third kappa shape index (κ3) is 7.14. The molecule has 21 heavy (non-hydrogen) atoms. The van der Waals surface area contributed by atoms with Crippen LogP contribution in [0, 0.1) is 0 Å². The van der Waals surface area contributed by atoms with Gasteiger partial charge in [0.1, 0.15) is 6.04 Å². The molecule has 1 aromatic carbocycles. The lowest BCUT2D eigenvalue weighted by molar-refractivity contribution is -0.140. The summed E-state index contributed by atoms with van der Waals surface area (Å²) in [6.07, 6.45) is 0. The highest BCUT2D eigenvalue weighted by atomic mass is 32.2. The number of benzene rings is 1. The lowest BCUT2D eigenvalue weighted by Gasteiger charge is -2.13. The van der Waals surface area contributed by atoms with Crippen LogP contribution in [0.1, 0.15) is 6.92 Å². The van der Waals surface area contributed by atoms with Crippen molar-refractivity contribution in [3.05, 3.63) is 30.3 Å². The number of hydrogen-bond acceptors (Lipinski definition) is 5. The minimum Gasteiger partial charge on any atom is -0.480 e. The average Bonchev–Trinajstić information content (AvgIpc) is 2.38. The van der Waals surface area contributed by atoms with Crippen molar-refractivity contribution >= 4 is 33.5 Å². The molecule has 6 nitrogen and oxygen atoms in total. The van der Waals surface area contributed by atoms with Crippen molar-refractivity contribution in [3.63, 3.8) is 0 Å². The molecule has 1 rings (SSSR count). The average molecular weight is 331 g/mol. The molecular weight excluding hydrogens is 314 g/mol. The number of nitrogens with one attached hydrogen (secondary N) is 1. The Bertz CT molecular complexity index is 586. The highest BCUT2D eigenvalue weighted by Crippen LogP contribution is 2.17. The molecule has 0 aliphatic heterocycles. The zero-order valence-electron chi connectivity index (χ0n) is 11.5. The maximum atomic E-state index is 11.9. The predicted octanol–water partition coefficient (Wildman–Crippen LogP) is 0.783. The minimum atomic E-state index is -3.56. The zero-order valence-corrected chi connectivity index (χ0v) is 13.1. The molecule has 0 heterocycles. The van der Waals surface area contributed by atoms with Gasteiger partial charge in [-0.05, 0) is 12.1 Å². The van der Waals surface area contributed by atoms with Gasteiger partial charge in [-0.2, -0.15) is 0 Å². The van der Waals surface area contributed by atoms with E-state index in [-0.39, 0.29) is 5.75 Å². The van der Waals surface area contributed by atoms with Crippen LogP contribution in [0.5, 0.6) is 0 Å². The van der Waals surface area contributed by atoms with Crippen LogP contribution < -0.4 is 5.32 Å². The maximum absolute atomic E-state index is 11.9. The highest BCUT2D eigenvalue weighted by molar-refractivity contribution is 8.00. The number of hydrogen-bond donors (Lipinski definition) is 2. The topological polar surface area (TPSA) is 101 Å². The Morgan fingerprint density at radius 3 is 2.43 bits per heavy atom. The van der Waals surface area contributed by atoms with Crippen molar-refractivity contribution in [2.45, 2.75) is 17.9 Å². The summed E-state index contributed by atoms with van der Waals surface area (Å²) in [4.78, 5) is 22.7. The normalized spacial score (nSPS) is 12.6. The fourth-order valence-electron chi connectivity index (χ4n) is 1.56. The number of thioether (sulfide) groups is 1. The summed E-state index contributed by atoms with van der Waals surface area (Å²) in [5, 5.41) is 11.0. The zero-order chi connectivity index (χ0) is 15.9. The van der Waals surface area contributed by atoms with E-state index in [1.165, 1.54) is 11.8 Å². The van der Waals surface area contributed by atoms with Crippen LogP contribution in [0.25, 0.3) is 0 Å².